The Morgan fingerprint density at radius 2 is 1.55 bits per heavy atom. The topological polar surface area (TPSA) is 20.3 Å². The zero-order chi connectivity index (χ0) is 9.07. The Balaban J connectivity index is 4.22. The Hall–Kier alpha value is -0.530. The molecule has 0 aromatic carbocycles. The van der Waals surface area contributed by atoms with Crippen molar-refractivity contribution in [2.75, 3.05) is 13.1 Å². The number of carbonyl (C=O) groups excluding carboxylic acids is 1. The first-order chi connectivity index (χ1) is 4.93. The molecule has 0 bridgehead atoms. The molecule has 0 unspecified atom stereocenters. The molecule has 0 aliphatic heterocycles. The molecular formula is C9H19NO. The van der Waals surface area contributed by atoms with Crippen LogP contribution in [-0.4, -0.2) is 23.9 Å². The molecule has 0 aliphatic rings. The van der Waals surface area contributed by atoms with E-state index in [-0.39, 0.29) is 11.3 Å². The van der Waals surface area contributed by atoms with Crippen LogP contribution in [0.15, 0.2) is 0 Å². The van der Waals surface area contributed by atoms with Crippen molar-refractivity contribution in [2.45, 2.75) is 34.6 Å². The summed E-state index contributed by atoms with van der Waals surface area (Å²) in [6.07, 6.45) is 0. The number of nitrogens with zero attached hydrogens (tertiary/aromatic N) is 1. The van der Waals surface area contributed by atoms with Gasteiger partial charge in [-0.3, -0.25) is 4.79 Å². The first-order valence-electron chi connectivity index (χ1n) is 4.22. The second kappa shape index (κ2) is 3.74. The van der Waals surface area contributed by atoms with E-state index in [1.807, 2.05) is 39.5 Å². The molecule has 1 amide bonds. The fraction of sp³-hybridized carbons (Fsp3) is 0.889. The largest absolute Gasteiger partial charge is 0.343 e. The van der Waals surface area contributed by atoms with Crippen LogP contribution in [-0.2, 0) is 4.79 Å². The molecule has 11 heavy (non-hydrogen) atoms. The van der Waals surface area contributed by atoms with Crippen LogP contribution in [0.25, 0.3) is 0 Å². The first-order valence-corrected chi connectivity index (χ1v) is 4.22. The number of amides is 1. The van der Waals surface area contributed by atoms with E-state index < -0.39 is 0 Å². The van der Waals surface area contributed by atoms with Gasteiger partial charge < -0.3 is 4.90 Å². The van der Waals surface area contributed by atoms with Gasteiger partial charge >= 0.3 is 0 Å². The van der Waals surface area contributed by atoms with Gasteiger partial charge in [0.25, 0.3) is 0 Å². The molecule has 0 aromatic rings. The van der Waals surface area contributed by atoms with Crippen LogP contribution in [0.3, 0.4) is 0 Å². The van der Waals surface area contributed by atoms with E-state index in [1.54, 1.807) is 0 Å². The molecule has 0 spiro atoms. The molecule has 0 radical (unpaired) electrons. The van der Waals surface area contributed by atoms with E-state index in [4.69, 9.17) is 0 Å². The van der Waals surface area contributed by atoms with Gasteiger partial charge in [0.15, 0.2) is 0 Å². The van der Waals surface area contributed by atoms with Crippen LogP contribution in [0, 0.1) is 5.41 Å². The molecule has 0 aromatic heterocycles. The molecule has 66 valence electrons. The van der Waals surface area contributed by atoms with Crippen LogP contribution in [0.5, 0.6) is 0 Å². The average Bonchev–Trinajstić information content (AvgIpc) is 1.88. The van der Waals surface area contributed by atoms with Gasteiger partial charge in [-0.2, -0.15) is 0 Å². The molecule has 0 heterocycles. The SMILES string of the molecule is CCN(CC)C(=O)C(C)(C)C. The predicted molar refractivity (Wildman–Crippen MR) is 47.4 cm³/mol. The third-order valence-corrected chi connectivity index (χ3v) is 1.69. The summed E-state index contributed by atoms with van der Waals surface area (Å²) in [6.45, 7) is 11.5. The van der Waals surface area contributed by atoms with E-state index in [0.717, 1.165) is 13.1 Å². The smallest absolute Gasteiger partial charge is 0.227 e. The Labute approximate surface area is 69.6 Å². The Bertz CT molecular complexity index is 131. The van der Waals surface area contributed by atoms with Crippen molar-refractivity contribution in [2.24, 2.45) is 5.41 Å². The molecule has 0 aliphatic carbocycles. The summed E-state index contributed by atoms with van der Waals surface area (Å²) >= 11 is 0. The lowest BCUT2D eigenvalue weighted by molar-refractivity contribution is -0.139. The molecule has 2 nitrogen and oxygen atoms in total. The minimum Gasteiger partial charge on any atom is -0.343 e. The molecular weight excluding hydrogens is 138 g/mol. The standard InChI is InChI=1S/C9H19NO/c1-6-10(7-2)8(11)9(3,4)5/h6-7H2,1-5H3. The zero-order valence-corrected chi connectivity index (χ0v) is 8.27. The molecule has 0 saturated heterocycles. The van der Waals surface area contributed by atoms with Crippen LogP contribution >= 0.6 is 0 Å². The summed E-state index contributed by atoms with van der Waals surface area (Å²) in [4.78, 5) is 13.4. The summed E-state index contributed by atoms with van der Waals surface area (Å²) < 4.78 is 0. The van der Waals surface area contributed by atoms with Gasteiger partial charge in [-0.15, -0.1) is 0 Å². The highest BCUT2D eigenvalue weighted by molar-refractivity contribution is 5.81. The third-order valence-electron chi connectivity index (χ3n) is 1.69. The summed E-state index contributed by atoms with van der Waals surface area (Å²) in [5.74, 6) is 0.238. The fourth-order valence-corrected chi connectivity index (χ4v) is 0.985. The maximum absolute atomic E-state index is 11.6. The highest BCUT2D eigenvalue weighted by atomic mass is 16.2. The van der Waals surface area contributed by atoms with Gasteiger partial charge in [-0.05, 0) is 13.8 Å². The quantitative estimate of drug-likeness (QED) is 0.599. The molecule has 0 saturated carbocycles. The van der Waals surface area contributed by atoms with E-state index in [0.29, 0.717) is 0 Å². The summed E-state index contributed by atoms with van der Waals surface area (Å²) in [5.41, 5.74) is -0.230. The number of carbonyl (C=O) groups is 1. The summed E-state index contributed by atoms with van der Waals surface area (Å²) in [7, 11) is 0. The van der Waals surface area contributed by atoms with Gasteiger partial charge in [0, 0.05) is 18.5 Å². The third kappa shape index (κ3) is 2.91. The molecule has 2 heteroatoms. The molecule has 0 atom stereocenters. The van der Waals surface area contributed by atoms with Crippen molar-refractivity contribution < 1.29 is 4.79 Å². The molecule has 0 rings (SSSR count). The first kappa shape index (κ1) is 10.5. The van der Waals surface area contributed by atoms with Crippen molar-refractivity contribution in [1.29, 1.82) is 0 Å². The Kier molecular flexibility index (Phi) is 3.56. The van der Waals surface area contributed by atoms with E-state index in [1.165, 1.54) is 0 Å². The van der Waals surface area contributed by atoms with E-state index in [2.05, 4.69) is 0 Å². The van der Waals surface area contributed by atoms with Crippen LogP contribution in [0.1, 0.15) is 34.6 Å². The molecule has 0 N–H and O–H groups in total. The van der Waals surface area contributed by atoms with Gasteiger partial charge in [-0.1, -0.05) is 20.8 Å². The predicted octanol–water partition coefficient (Wildman–Crippen LogP) is 1.90. The van der Waals surface area contributed by atoms with Crippen molar-refractivity contribution in [3.8, 4) is 0 Å². The minimum absolute atomic E-state index is 0.230. The zero-order valence-electron chi connectivity index (χ0n) is 8.27. The lowest BCUT2D eigenvalue weighted by Crippen LogP contribution is -2.39. The highest BCUT2D eigenvalue weighted by Crippen LogP contribution is 2.16. The van der Waals surface area contributed by atoms with Crippen LogP contribution in [0.2, 0.25) is 0 Å². The van der Waals surface area contributed by atoms with Gasteiger partial charge in [0.05, 0.1) is 0 Å². The average molecular weight is 157 g/mol. The Morgan fingerprint density at radius 1 is 1.18 bits per heavy atom. The monoisotopic (exact) mass is 157 g/mol. The maximum Gasteiger partial charge on any atom is 0.227 e. The molecule has 0 fully saturated rings. The van der Waals surface area contributed by atoms with Crippen molar-refractivity contribution in [3.63, 3.8) is 0 Å². The van der Waals surface area contributed by atoms with Gasteiger partial charge in [0.1, 0.15) is 0 Å². The normalized spacial score (nSPS) is 11.4. The highest BCUT2D eigenvalue weighted by Gasteiger charge is 2.24. The number of hydrogen-bond acceptors (Lipinski definition) is 1. The van der Waals surface area contributed by atoms with Gasteiger partial charge in [-0.25, -0.2) is 0 Å². The van der Waals surface area contributed by atoms with Crippen molar-refractivity contribution in [3.05, 3.63) is 0 Å². The second-order valence-electron chi connectivity index (χ2n) is 3.73. The van der Waals surface area contributed by atoms with Crippen LogP contribution in [0.4, 0.5) is 0 Å². The number of rotatable bonds is 2. The summed E-state index contributed by atoms with van der Waals surface area (Å²) in [5, 5.41) is 0. The van der Waals surface area contributed by atoms with Crippen LogP contribution < -0.4 is 0 Å². The lowest BCUT2D eigenvalue weighted by Gasteiger charge is -2.27. The fourth-order valence-electron chi connectivity index (χ4n) is 0.985. The maximum atomic E-state index is 11.6. The summed E-state index contributed by atoms with van der Waals surface area (Å²) in [6, 6.07) is 0. The minimum atomic E-state index is -0.230. The van der Waals surface area contributed by atoms with Crippen molar-refractivity contribution >= 4 is 5.91 Å². The van der Waals surface area contributed by atoms with Crippen molar-refractivity contribution in [1.82, 2.24) is 4.90 Å². The van der Waals surface area contributed by atoms with E-state index in [9.17, 15) is 4.79 Å². The lowest BCUT2D eigenvalue weighted by atomic mass is 9.95. The Morgan fingerprint density at radius 3 is 1.64 bits per heavy atom. The van der Waals surface area contributed by atoms with E-state index >= 15 is 0 Å². The van der Waals surface area contributed by atoms with Gasteiger partial charge in [0.2, 0.25) is 5.91 Å². The second-order valence-corrected chi connectivity index (χ2v) is 3.73. The number of hydrogen-bond donors (Lipinski definition) is 0.